The molecule has 1 nitrogen and oxygen atoms in total. The first kappa shape index (κ1) is 9.79. The Morgan fingerprint density at radius 2 is 1.75 bits per heavy atom. The van der Waals surface area contributed by atoms with Gasteiger partial charge in [-0.2, -0.15) is 0 Å². The second kappa shape index (κ2) is 4.08. The van der Waals surface area contributed by atoms with Gasteiger partial charge in [0.1, 0.15) is 0 Å². The standard InChI is InChI=1S/C11H22N/c1-4-7-12(8-5-2)9-11(6-3)10-12/h6,11H,3-5,7-10H2,1-2H3/q+1. The molecule has 0 bridgehead atoms. The summed E-state index contributed by atoms with van der Waals surface area (Å²) in [4.78, 5) is 0. The molecule has 12 heavy (non-hydrogen) atoms. The van der Waals surface area contributed by atoms with E-state index in [4.69, 9.17) is 0 Å². The van der Waals surface area contributed by atoms with E-state index in [-0.39, 0.29) is 0 Å². The SMILES string of the molecule is C=CC1C[N+](CCC)(CCC)C1. The first-order valence-corrected chi connectivity index (χ1v) is 5.24. The summed E-state index contributed by atoms with van der Waals surface area (Å²) in [6.07, 6.45) is 4.77. The fraction of sp³-hybridized carbons (Fsp3) is 0.818. The van der Waals surface area contributed by atoms with Crippen LogP contribution in [0.5, 0.6) is 0 Å². The van der Waals surface area contributed by atoms with E-state index in [1.54, 1.807) is 0 Å². The van der Waals surface area contributed by atoms with Crippen LogP contribution in [-0.2, 0) is 0 Å². The molecule has 0 aromatic rings. The molecule has 0 saturated carbocycles. The average molecular weight is 168 g/mol. The highest BCUT2D eigenvalue weighted by Crippen LogP contribution is 2.27. The van der Waals surface area contributed by atoms with Gasteiger partial charge in [0.15, 0.2) is 0 Å². The number of hydrogen-bond acceptors (Lipinski definition) is 0. The van der Waals surface area contributed by atoms with Gasteiger partial charge in [-0.1, -0.05) is 19.9 Å². The minimum Gasteiger partial charge on any atom is -0.322 e. The van der Waals surface area contributed by atoms with Crippen molar-refractivity contribution in [3.8, 4) is 0 Å². The molecule has 1 saturated heterocycles. The number of nitrogens with zero attached hydrogens (tertiary/aromatic N) is 1. The number of rotatable bonds is 5. The van der Waals surface area contributed by atoms with Gasteiger partial charge >= 0.3 is 0 Å². The van der Waals surface area contributed by atoms with Crippen LogP contribution in [0.4, 0.5) is 0 Å². The molecular formula is C11H22N+. The van der Waals surface area contributed by atoms with Gasteiger partial charge in [-0.3, -0.25) is 0 Å². The zero-order chi connectivity index (χ0) is 9.03. The number of likely N-dealkylation sites (tertiary alicyclic amines) is 1. The maximum atomic E-state index is 3.86. The van der Waals surface area contributed by atoms with Crippen LogP contribution in [0.15, 0.2) is 12.7 Å². The molecule has 0 aromatic carbocycles. The summed E-state index contributed by atoms with van der Waals surface area (Å²) in [5.74, 6) is 0.808. The fourth-order valence-corrected chi connectivity index (χ4v) is 2.52. The molecule has 0 aliphatic carbocycles. The van der Waals surface area contributed by atoms with Crippen molar-refractivity contribution in [2.45, 2.75) is 26.7 Å². The van der Waals surface area contributed by atoms with Crippen molar-refractivity contribution in [3.05, 3.63) is 12.7 Å². The summed E-state index contributed by atoms with van der Waals surface area (Å²) < 4.78 is 1.36. The van der Waals surface area contributed by atoms with Crippen molar-refractivity contribution >= 4 is 0 Å². The highest BCUT2D eigenvalue weighted by Gasteiger charge is 2.40. The van der Waals surface area contributed by atoms with Crippen LogP contribution in [0.25, 0.3) is 0 Å². The zero-order valence-electron chi connectivity index (χ0n) is 8.55. The number of hydrogen-bond donors (Lipinski definition) is 0. The van der Waals surface area contributed by atoms with E-state index in [1.165, 1.54) is 43.5 Å². The maximum Gasteiger partial charge on any atom is 0.0905 e. The van der Waals surface area contributed by atoms with Gasteiger partial charge in [-0.15, -0.1) is 6.58 Å². The van der Waals surface area contributed by atoms with Gasteiger partial charge in [0.2, 0.25) is 0 Å². The number of quaternary nitrogens is 1. The Labute approximate surface area is 76.7 Å². The predicted octanol–water partition coefficient (Wildman–Crippen LogP) is 2.44. The van der Waals surface area contributed by atoms with Crippen LogP contribution >= 0.6 is 0 Å². The van der Waals surface area contributed by atoms with Gasteiger partial charge in [0.25, 0.3) is 0 Å². The van der Waals surface area contributed by atoms with E-state index in [9.17, 15) is 0 Å². The lowest BCUT2D eigenvalue weighted by Gasteiger charge is -2.49. The smallest absolute Gasteiger partial charge is 0.0905 e. The van der Waals surface area contributed by atoms with E-state index in [2.05, 4.69) is 26.5 Å². The summed E-state index contributed by atoms with van der Waals surface area (Å²) in [6.45, 7) is 13.9. The van der Waals surface area contributed by atoms with Gasteiger partial charge in [-0.25, -0.2) is 0 Å². The van der Waals surface area contributed by atoms with E-state index in [1.807, 2.05) is 0 Å². The van der Waals surface area contributed by atoms with E-state index >= 15 is 0 Å². The van der Waals surface area contributed by atoms with Crippen LogP contribution < -0.4 is 0 Å². The average Bonchev–Trinajstić information content (AvgIpc) is 1.99. The molecule has 1 aliphatic rings. The van der Waals surface area contributed by atoms with Crippen LogP contribution in [0.2, 0.25) is 0 Å². The Kier molecular flexibility index (Phi) is 3.33. The normalized spacial score (nSPS) is 21.8. The van der Waals surface area contributed by atoms with Crippen molar-refractivity contribution < 1.29 is 4.48 Å². The topological polar surface area (TPSA) is 0 Å². The molecule has 0 spiro atoms. The maximum absolute atomic E-state index is 3.86. The van der Waals surface area contributed by atoms with Crippen LogP contribution in [0, 0.1) is 5.92 Å². The lowest BCUT2D eigenvalue weighted by molar-refractivity contribution is -0.971. The minimum atomic E-state index is 0.808. The Hall–Kier alpha value is -0.300. The molecule has 0 unspecified atom stereocenters. The molecular weight excluding hydrogens is 146 g/mol. The van der Waals surface area contributed by atoms with Crippen LogP contribution in [-0.4, -0.2) is 30.7 Å². The summed E-state index contributed by atoms with van der Waals surface area (Å²) in [5.41, 5.74) is 0. The molecule has 1 fully saturated rings. The molecule has 0 aromatic heterocycles. The minimum absolute atomic E-state index is 0.808. The third-order valence-electron chi connectivity index (χ3n) is 2.97. The molecule has 0 amide bonds. The van der Waals surface area contributed by atoms with Crippen molar-refractivity contribution in [3.63, 3.8) is 0 Å². The monoisotopic (exact) mass is 168 g/mol. The lowest BCUT2D eigenvalue weighted by Crippen LogP contribution is -2.63. The van der Waals surface area contributed by atoms with Gasteiger partial charge in [0.05, 0.1) is 32.1 Å². The summed E-state index contributed by atoms with van der Waals surface area (Å²) in [5, 5.41) is 0. The van der Waals surface area contributed by atoms with Crippen molar-refractivity contribution in [1.29, 1.82) is 0 Å². The predicted molar refractivity (Wildman–Crippen MR) is 54.0 cm³/mol. The van der Waals surface area contributed by atoms with Crippen LogP contribution in [0.1, 0.15) is 26.7 Å². The Balaban J connectivity index is 2.37. The molecule has 0 N–H and O–H groups in total. The molecule has 1 heterocycles. The molecule has 1 heteroatoms. The summed E-state index contributed by atoms with van der Waals surface area (Å²) in [7, 11) is 0. The second-order valence-electron chi connectivity index (χ2n) is 4.15. The van der Waals surface area contributed by atoms with Crippen molar-refractivity contribution in [1.82, 2.24) is 0 Å². The summed E-state index contributed by atoms with van der Waals surface area (Å²) >= 11 is 0. The van der Waals surface area contributed by atoms with Crippen molar-refractivity contribution in [2.24, 2.45) is 5.92 Å². The highest BCUT2D eigenvalue weighted by atomic mass is 15.4. The van der Waals surface area contributed by atoms with E-state index in [0.29, 0.717) is 0 Å². The second-order valence-corrected chi connectivity index (χ2v) is 4.15. The third-order valence-corrected chi connectivity index (χ3v) is 2.97. The molecule has 1 rings (SSSR count). The van der Waals surface area contributed by atoms with Crippen molar-refractivity contribution in [2.75, 3.05) is 26.2 Å². The lowest BCUT2D eigenvalue weighted by atomic mass is 9.95. The molecule has 0 radical (unpaired) electrons. The van der Waals surface area contributed by atoms with E-state index < -0.39 is 0 Å². The Morgan fingerprint density at radius 3 is 2.08 bits per heavy atom. The van der Waals surface area contributed by atoms with Crippen LogP contribution in [0.3, 0.4) is 0 Å². The van der Waals surface area contributed by atoms with Gasteiger partial charge in [-0.05, 0) is 12.8 Å². The fourth-order valence-electron chi connectivity index (χ4n) is 2.52. The van der Waals surface area contributed by atoms with Gasteiger partial charge in [0, 0.05) is 0 Å². The Bertz CT molecular complexity index is 137. The first-order chi connectivity index (χ1) is 5.76. The highest BCUT2D eigenvalue weighted by molar-refractivity contribution is 4.84. The first-order valence-electron chi connectivity index (χ1n) is 5.24. The summed E-state index contributed by atoms with van der Waals surface area (Å²) in [6, 6.07) is 0. The van der Waals surface area contributed by atoms with E-state index in [0.717, 1.165) is 5.92 Å². The molecule has 1 aliphatic heterocycles. The van der Waals surface area contributed by atoms with Gasteiger partial charge < -0.3 is 4.48 Å². The third kappa shape index (κ3) is 1.89. The quantitative estimate of drug-likeness (QED) is 0.437. The zero-order valence-corrected chi connectivity index (χ0v) is 8.55. The largest absolute Gasteiger partial charge is 0.322 e. The molecule has 0 atom stereocenters. The Morgan fingerprint density at radius 1 is 1.25 bits per heavy atom. The molecule has 70 valence electrons.